The van der Waals surface area contributed by atoms with Crippen LogP contribution in [-0.4, -0.2) is 23.9 Å². The molecule has 0 atom stereocenters. The summed E-state index contributed by atoms with van der Waals surface area (Å²) in [5.41, 5.74) is 2.99. The summed E-state index contributed by atoms with van der Waals surface area (Å²) in [6.45, 7) is 8.59. The van der Waals surface area contributed by atoms with Crippen molar-refractivity contribution in [3.63, 3.8) is 0 Å². The Bertz CT molecular complexity index is 151. The number of rotatable bonds is 3. The van der Waals surface area contributed by atoms with Gasteiger partial charge < -0.3 is 4.90 Å². The Balaban J connectivity index is 2.40. The van der Waals surface area contributed by atoms with Crippen molar-refractivity contribution in [1.82, 2.24) is 10.3 Å². The summed E-state index contributed by atoms with van der Waals surface area (Å²) >= 11 is 0. The summed E-state index contributed by atoms with van der Waals surface area (Å²) in [5, 5.41) is 4.18. The van der Waals surface area contributed by atoms with E-state index in [1.165, 1.54) is 5.84 Å². The zero-order valence-corrected chi connectivity index (χ0v) is 7.59. The van der Waals surface area contributed by atoms with Gasteiger partial charge in [0.25, 0.3) is 0 Å². The Hall–Kier alpha value is -0.730. The van der Waals surface area contributed by atoms with Crippen LogP contribution in [-0.2, 0) is 0 Å². The molecule has 0 amide bonds. The van der Waals surface area contributed by atoms with Crippen LogP contribution in [0.1, 0.15) is 27.2 Å². The Morgan fingerprint density at radius 1 is 1.64 bits per heavy atom. The largest absolute Gasteiger partial charge is 0.339 e. The second-order valence-electron chi connectivity index (χ2n) is 3.31. The van der Waals surface area contributed by atoms with Gasteiger partial charge in [0, 0.05) is 13.0 Å². The van der Waals surface area contributed by atoms with Gasteiger partial charge in [-0.3, -0.25) is 5.43 Å². The first-order chi connectivity index (χ1) is 5.24. The molecule has 0 unspecified atom stereocenters. The summed E-state index contributed by atoms with van der Waals surface area (Å²) < 4.78 is 0. The van der Waals surface area contributed by atoms with Gasteiger partial charge in [0.2, 0.25) is 0 Å². The van der Waals surface area contributed by atoms with E-state index in [1.807, 2.05) is 0 Å². The van der Waals surface area contributed by atoms with Crippen LogP contribution in [0.15, 0.2) is 5.10 Å². The fourth-order valence-electron chi connectivity index (χ4n) is 1.29. The SMILES string of the molecule is CCC1=NNCN1CC(C)C. The molecule has 1 rings (SSSR count). The minimum absolute atomic E-state index is 0.714. The molecule has 3 nitrogen and oxygen atoms in total. The molecule has 64 valence electrons. The predicted octanol–water partition coefficient (Wildman–Crippen LogP) is 1.23. The first kappa shape index (κ1) is 8.37. The minimum atomic E-state index is 0.714. The highest BCUT2D eigenvalue weighted by Crippen LogP contribution is 2.04. The highest BCUT2D eigenvalue weighted by molar-refractivity contribution is 5.82. The third-order valence-electron chi connectivity index (χ3n) is 1.74. The smallest absolute Gasteiger partial charge is 0.126 e. The first-order valence-electron chi connectivity index (χ1n) is 4.28. The number of nitrogens with zero attached hydrogens (tertiary/aromatic N) is 2. The Morgan fingerprint density at radius 2 is 2.36 bits per heavy atom. The molecule has 0 radical (unpaired) electrons. The van der Waals surface area contributed by atoms with Crippen molar-refractivity contribution >= 4 is 5.84 Å². The molecule has 0 bridgehead atoms. The van der Waals surface area contributed by atoms with Crippen molar-refractivity contribution in [3.05, 3.63) is 0 Å². The molecule has 1 N–H and O–H groups in total. The Labute approximate surface area is 68.5 Å². The van der Waals surface area contributed by atoms with Crippen LogP contribution in [0.2, 0.25) is 0 Å². The molecule has 0 aromatic carbocycles. The summed E-state index contributed by atoms with van der Waals surface area (Å²) in [5.74, 6) is 1.91. The summed E-state index contributed by atoms with van der Waals surface area (Å²) in [6.07, 6.45) is 1.03. The quantitative estimate of drug-likeness (QED) is 0.663. The van der Waals surface area contributed by atoms with E-state index < -0.39 is 0 Å². The van der Waals surface area contributed by atoms with Crippen LogP contribution in [0, 0.1) is 5.92 Å². The lowest BCUT2D eigenvalue weighted by Gasteiger charge is -2.20. The molecule has 0 aliphatic carbocycles. The second-order valence-corrected chi connectivity index (χ2v) is 3.31. The Morgan fingerprint density at radius 3 is 2.91 bits per heavy atom. The normalized spacial score (nSPS) is 17.1. The maximum Gasteiger partial charge on any atom is 0.126 e. The van der Waals surface area contributed by atoms with Gasteiger partial charge in [0.1, 0.15) is 12.5 Å². The summed E-state index contributed by atoms with van der Waals surface area (Å²) in [7, 11) is 0. The molecule has 3 heteroatoms. The van der Waals surface area contributed by atoms with Crippen molar-refractivity contribution in [1.29, 1.82) is 0 Å². The third kappa shape index (κ3) is 2.10. The van der Waals surface area contributed by atoms with Crippen molar-refractivity contribution in [2.75, 3.05) is 13.2 Å². The zero-order chi connectivity index (χ0) is 8.27. The van der Waals surface area contributed by atoms with Gasteiger partial charge in [-0.15, -0.1) is 0 Å². The molecule has 0 aromatic heterocycles. The topological polar surface area (TPSA) is 27.6 Å². The van der Waals surface area contributed by atoms with Crippen molar-refractivity contribution in [2.24, 2.45) is 11.0 Å². The van der Waals surface area contributed by atoms with E-state index in [2.05, 4.69) is 36.2 Å². The number of hydrogen-bond donors (Lipinski definition) is 1. The first-order valence-corrected chi connectivity index (χ1v) is 4.28. The van der Waals surface area contributed by atoms with Gasteiger partial charge in [0.05, 0.1) is 0 Å². The van der Waals surface area contributed by atoms with Gasteiger partial charge in [-0.25, -0.2) is 0 Å². The molecule has 0 saturated carbocycles. The molecule has 1 aliphatic heterocycles. The number of amidine groups is 1. The van der Waals surface area contributed by atoms with Crippen LogP contribution in [0.5, 0.6) is 0 Å². The van der Waals surface area contributed by atoms with E-state index >= 15 is 0 Å². The van der Waals surface area contributed by atoms with E-state index in [9.17, 15) is 0 Å². The predicted molar refractivity (Wildman–Crippen MR) is 47.3 cm³/mol. The van der Waals surface area contributed by atoms with Crippen LogP contribution in [0.25, 0.3) is 0 Å². The highest BCUT2D eigenvalue weighted by atomic mass is 15.5. The van der Waals surface area contributed by atoms with Crippen LogP contribution >= 0.6 is 0 Å². The molecule has 0 aromatic rings. The fourth-order valence-corrected chi connectivity index (χ4v) is 1.29. The molecular formula is C8H17N3. The molecule has 11 heavy (non-hydrogen) atoms. The summed E-state index contributed by atoms with van der Waals surface area (Å²) in [4.78, 5) is 2.30. The lowest BCUT2D eigenvalue weighted by atomic mass is 10.2. The van der Waals surface area contributed by atoms with Crippen molar-refractivity contribution in [3.8, 4) is 0 Å². The minimum Gasteiger partial charge on any atom is -0.339 e. The molecule has 1 aliphatic rings. The van der Waals surface area contributed by atoms with Gasteiger partial charge in [-0.2, -0.15) is 5.10 Å². The van der Waals surface area contributed by atoms with E-state index in [0.717, 1.165) is 19.6 Å². The third-order valence-corrected chi connectivity index (χ3v) is 1.74. The number of hydrogen-bond acceptors (Lipinski definition) is 3. The Kier molecular flexibility index (Phi) is 2.74. The average Bonchev–Trinajstić information content (AvgIpc) is 2.34. The lowest BCUT2D eigenvalue weighted by Crippen LogP contribution is -2.32. The molecule has 0 spiro atoms. The lowest BCUT2D eigenvalue weighted by molar-refractivity contribution is 0.368. The second kappa shape index (κ2) is 3.60. The van der Waals surface area contributed by atoms with Crippen LogP contribution < -0.4 is 5.43 Å². The number of nitrogens with one attached hydrogen (secondary N) is 1. The maximum absolute atomic E-state index is 4.18. The number of hydrazone groups is 1. The van der Waals surface area contributed by atoms with Gasteiger partial charge in [-0.05, 0) is 5.92 Å². The van der Waals surface area contributed by atoms with E-state index in [-0.39, 0.29) is 0 Å². The molecular weight excluding hydrogens is 138 g/mol. The van der Waals surface area contributed by atoms with Gasteiger partial charge >= 0.3 is 0 Å². The fraction of sp³-hybridized carbons (Fsp3) is 0.875. The molecule has 0 saturated heterocycles. The van der Waals surface area contributed by atoms with E-state index in [1.54, 1.807) is 0 Å². The molecule has 1 heterocycles. The van der Waals surface area contributed by atoms with Crippen LogP contribution in [0.4, 0.5) is 0 Å². The van der Waals surface area contributed by atoms with Crippen molar-refractivity contribution < 1.29 is 0 Å². The van der Waals surface area contributed by atoms with Gasteiger partial charge in [-0.1, -0.05) is 20.8 Å². The molecule has 0 fully saturated rings. The average molecular weight is 155 g/mol. The monoisotopic (exact) mass is 155 g/mol. The maximum atomic E-state index is 4.18. The van der Waals surface area contributed by atoms with Crippen molar-refractivity contribution in [2.45, 2.75) is 27.2 Å². The zero-order valence-electron chi connectivity index (χ0n) is 7.59. The highest BCUT2D eigenvalue weighted by Gasteiger charge is 2.14. The standard InChI is InChI=1S/C8H17N3/c1-4-8-10-9-6-11(8)5-7(2)3/h7,9H,4-6H2,1-3H3. The van der Waals surface area contributed by atoms with E-state index in [4.69, 9.17) is 0 Å². The summed E-state index contributed by atoms with van der Waals surface area (Å²) in [6, 6.07) is 0. The van der Waals surface area contributed by atoms with E-state index in [0.29, 0.717) is 5.92 Å². The van der Waals surface area contributed by atoms with Gasteiger partial charge in [0.15, 0.2) is 0 Å². The van der Waals surface area contributed by atoms with Crippen LogP contribution in [0.3, 0.4) is 0 Å².